The third-order valence-corrected chi connectivity index (χ3v) is 4.90. The zero-order chi connectivity index (χ0) is 19.9. The quantitative estimate of drug-likeness (QED) is 0.577. The Morgan fingerprint density at radius 2 is 1.93 bits per heavy atom. The number of thioether (sulfide) groups is 1. The zero-order valence-electron chi connectivity index (χ0n) is 15.9. The van der Waals surface area contributed by atoms with Crippen molar-refractivity contribution in [3.63, 3.8) is 0 Å². The monoisotopic (exact) mass is 399 g/mol. The van der Waals surface area contributed by atoms with Crippen LogP contribution in [0.4, 0.5) is 0 Å². The Balaban J connectivity index is 1.69. The fourth-order valence-corrected chi connectivity index (χ4v) is 3.41. The van der Waals surface area contributed by atoms with Crippen LogP contribution in [0.5, 0.6) is 11.5 Å². The maximum atomic E-state index is 12.5. The summed E-state index contributed by atoms with van der Waals surface area (Å²) in [5, 5.41) is 6.80. The average Bonchev–Trinajstić information content (AvgIpc) is 3.21. The minimum absolute atomic E-state index is 0.143. The highest BCUT2D eigenvalue weighted by atomic mass is 32.2. The van der Waals surface area contributed by atoms with Gasteiger partial charge in [0.15, 0.2) is 11.5 Å². The molecule has 2 aromatic carbocycles. The SMILES string of the molecule is CCSc1ccccc1C(=O)NCc1nc(-c2ccc(OC)c(OC)c2)no1. The minimum Gasteiger partial charge on any atom is -0.493 e. The molecule has 0 atom stereocenters. The van der Waals surface area contributed by atoms with Crippen LogP contribution in [0.1, 0.15) is 23.2 Å². The third-order valence-electron chi connectivity index (χ3n) is 3.94. The number of hydrogen-bond acceptors (Lipinski definition) is 7. The number of benzene rings is 2. The summed E-state index contributed by atoms with van der Waals surface area (Å²) in [7, 11) is 3.14. The Kier molecular flexibility index (Phi) is 6.54. The van der Waals surface area contributed by atoms with Gasteiger partial charge in [0.2, 0.25) is 11.7 Å². The molecule has 8 heteroatoms. The molecule has 1 N–H and O–H groups in total. The highest BCUT2D eigenvalue weighted by molar-refractivity contribution is 7.99. The minimum atomic E-state index is -0.178. The summed E-state index contributed by atoms with van der Waals surface area (Å²) in [6, 6.07) is 12.9. The Morgan fingerprint density at radius 1 is 1.14 bits per heavy atom. The van der Waals surface area contributed by atoms with Gasteiger partial charge in [0.05, 0.1) is 26.3 Å². The van der Waals surface area contributed by atoms with Gasteiger partial charge in [-0.2, -0.15) is 4.98 Å². The van der Waals surface area contributed by atoms with Crippen molar-refractivity contribution >= 4 is 17.7 Å². The van der Waals surface area contributed by atoms with Crippen LogP contribution in [0.3, 0.4) is 0 Å². The predicted octanol–water partition coefficient (Wildman–Crippen LogP) is 3.80. The van der Waals surface area contributed by atoms with E-state index in [4.69, 9.17) is 14.0 Å². The van der Waals surface area contributed by atoms with E-state index in [0.717, 1.165) is 16.2 Å². The molecule has 0 saturated heterocycles. The summed E-state index contributed by atoms with van der Waals surface area (Å²) in [4.78, 5) is 17.8. The number of amides is 1. The van der Waals surface area contributed by atoms with Crippen LogP contribution >= 0.6 is 11.8 Å². The first kappa shape index (κ1) is 19.8. The Morgan fingerprint density at radius 3 is 2.68 bits per heavy atom. The Labute approximate surface area is 167 Å². The smallest absolute Gasteiger partial charge is 0.252 e. The van der Waals surface area contributed by atoms with Crippen LogP contribution in [-0.4, -0.2) is 36.0 Å². The summed E-state index contributed by atoms with van der Waals surface area (Å²) in [5.74, 6) is 2.63. The highest BCUT2D eigenvalue weighted by Crippen LogP contribution is 2.31. The van der Waals surface area contributed by atoms with Crippen LogP contribution in [0.2, 0.25) is 0 Å². The maximum Gasteiger partial charge on any atom is 0.252 e. The van der Waals surface area contributed by atoms with Gasteiger partial charge in [-0.3, -0.25) is 4.79 Å². The van der Waals surface area contributed by atoms with Crippen molar-refractivity contribution in [1.82, 2.24) is 15.5 Å². The topological polar surface area (TPSA) is 86.5 Å². The number of ether oxygens (including phenoxy) is 2. The molecular formula is C20H21N3O4S. The standard InChI is InChI=1S/C20H21N3O4S/c1-4-28-17-8-6-5-7-14(17)20(24)21-12-18-22-19(23-27-18)13-9-10-15(25-2)16(11-13)26-3/h5-11H,4,12H2,1-3H3,(H,21,24). The van der Waals surface area contributed by atoms with Crippen molar-refractivity contribution in [3.05, 3.63) is 53.9 Å². The van der Waals surface area contributed by atoms with E-state index in [1.54, 1.807) is 44.2 Å². The first-order chi connectivity index (χ1) is 13.7. The molecule has 0 unspecified atom stereocenters. The molecule has 0 bridgehead atoms. The second-order valence-electron chi connectivity index (χ2n) is 5.69. The number of methoxy groups -OCH3 is 2. The fraction of sp³-hybridized carbons (Fsp3) is 0.250. The molecule has 7 nitrogen and oxygen atoms in total. The number of carbonyl (C=O) groups excluding carboxylic acids is 1. The number of rotatable bonds is 8. The number of nitrogens with one attached hydrogen (secondary N) is 1. The lowest BCUT2D eigenvalue weighted by Crippen LogP contribution is -2.23. The van der Waals surface area contributed by atoms with E-state index in [0.29, 0.717) is 28.8 Å². The largest absolute Gasteiger partial charge is 0.493 e. The van der Waals surface area contributed by atoms with E-state index < -0.39 is 0 Å². The summed E-state index contributed by atoms with van der Waals surface area (Å²) in [6.07, 6.45) is 0. The molecule has 0 radical (unpaired) electrons. The number of nitrogens with zero attached hydrogens (tertiary/aromatic N) is 2. The predicted molar refractivity (Wildman–Crippen MR) is 107 cm³/mol. The second kappa shape index (κ2) is 9.27. The van der Waals surface area contributed by atoms with Crippen molar-refractivity contribution in [3.8, 4) is 22.9 Å². The van der Waals surface area contributed by atoms with Crippen LogP contribution in [0, 0.1) is 0 Å². The van der Waals surface area contributed by atoms with Gasteiger partial charge in [0.25, 0.3) is 5.91 Å². The molecule has 0 aliphatic carbocycles. The Bertz CT molecular complexity index is 958. The highest BCUT2D eigenvalue weighted by Gasteiger charge is 2.15. The van der Waals surface area contributed by atoms with Crippen molar-refractivity contribution in [2.45, 2.75) is 18.4 Å². The maximum absolute atomic E-state index is 12.5. The number of hydrogen-bond donors (Lipinski definition) is 1. The molecule has 1 aromatic heterocycles. The van der Waals surface area contributed by atoms with Crippen LogP contribution < -0.4 is 14.8 Å². The van der Waals surface area contributed by atoms with Gasteiger partial charge in [-0.25, -0.2) is 0 Å². The third kappa shape index (κ3) is 4.45. The van der Waals surface area contributed by atoms with Gasteiger partial charge in [-0.05, 0) is 36.1 Å². The normalized spacial score (nSPS) is 10.5. The summed E-state index contributed by atoms with van der Waals surface area (Å²) in [6.45, 7) is 2.19. The van der Waals surface area contributed by atoms with Crippen LogP contribution in [-0.2, 0) is 6.54 Å². The average molecular weight is 399 g/mol. The lowest BCUT2D eigenvalue weighted by atomic mass is 10.2. The molecule has 0 saturated carbocycles. The molecule has 146 valence electrons. The summed E-state index contributed by atoms with van der Waals surface area (Å²) < 4.78 is 15.8. The molecule has 28 heavy (non-hydrogen) atoms. The van der Waals surface area contributed by atoms with Gasteiger partial charge in [0.1, 0.15) is 0 Å². The molecule has 3 aromatic rings. The Hall–Kier alpha value is -3.00. The molecule has 0 fully saturated rings. The van der Waals surface area contributed by atoms with E-state index in [1.165, 1.54) is 0 Å². The van der Waals surface area contributed by atoms with E-state index in [2.05, 4.69) is 15.5 Å². The molecule has 0 spiro atoms. The number of carbonyl (C=O) groups is 1. The molecule has 0 aliphatic rings. The summed E-state index contributed by atoms with van der Waals surface area (Å²) in [5.41, 5.74) is 1.36. The van der Waals surface area contributed by atoms with Crippen molar-refractivity contribution in [2.24, 2.45) is 0 Å². The summed E-state index contributed by atoms with van der Waals surface area (Å²) >= 11 is 1.63. The van der Waals surface area contributed by atoms with Gasteiger partial charge >= 0.3 is 0 Å². The molecule has 1 amide bonds. The van der Waals surface area contributed by atoms with Gasteiger partial charge < -0.3 is 19.3 Å². The van der Waals surface area contributed by atoms with Gasteiger partial charge in [0, 0.05) is 10.5 Å². The molecule has 0 aliphatic heterocycles. The van der Waals surface area contributed by atoms with Gasteiger partial charge in [-0.15, -0.1) is 11.8 Å². The fourth-order valence-electron chi connectivity index (χ4n) is 2.61. The van der Waals surface area contributed by atoms with E-state index in [1.807, 2.05) is 31.2 Å². The van der Waals surface area contributed by atoms with E-state index in [9.17, 15) is 4.79 Å². The molecular weight excluding hydrogens is 378 g/mol. The van der Waals surface area contributed by atoms with Crippen molar-refractivity contribution in [1.29, 1.82) is 0 Å². The van der Waals surface area contributed by atoms with E-state index in [-0.39, 0.29) is 12.5 Å². The van der Waals surface area contributed by atoms with Crippen molar-refractivity contribution in [2.75, 3.05) is 20.0 Å². The lowest BCUT2D eigenvalue weighted by molar-refractivity contribution is 0.0943. The second-order valence-corrected chi connectivity index (χ2v) is 7.00. The number of aromatic nitrogens is 2. The first-order valence-corrected chi connectivity index (χ1v) is 9.69. The molecule has 1 heterocycles. The van der Waals surface area contributed by atoms with Crippen molar-refractivity contribution < 1.29 is 18.8 Å². The van der Waals surface area contributed by atoms with Crippen LogP contribution in [0.25, 0.3) is 11.4 Å². The van der Waals surface area contributed by atoms with Crippen LogP contribution in [0.15, 0.2) is 51.9 Å². The van der Waals surface area contributed by atoms with E-state index >= 15 is 0 Å². The van der Waals surface area contributed by atoms with Gasteiger partial charge in [-0.1, -0.05) is 24.2 Å². The first-order valence-electron chi connectivity index (χ1n) is 8.71. The molecule has 3 rings (SSSR count). The zero-order valence-corrected chi connectivity index (χ0v) is 16.7. The lowest BCUT2D eigenvalue weighted by Gasteiger charge is -2.08.